The molecule has 4 N–H and O–H groups in total. The molecule has 100 valence electrons. The van der Waals surface area contributed by atoms with Crippen molar-refractivity contribution in [3.63, 3.8) is 0 Å². The zero-order chi connectivity index (χ0) is 14.4. The Morgan fingerprint density at radius 2 is 1.30 bits per heavy atom. The number of rotatable bonds is 2. The van der Waals surface area contributed by atoms with Crippen molar-refractivity contribution < 1.29 is 19.8 Å². The quantitative estimate of drug-likeness (QED) is 0.521. The van der Waals surface area contributed by atoms with Gasteiger partial charge in [-0.15, -0.1) is 0 Å². The van der Waals surface area contributed by atoms with E-state index >= 15 is 0 Å². The fourth-order valence-corrected chi connectivity index (χ4v) is 1.88. The van der Waals surface area contributed by atoms with E-state index in [0.717, 1.165) is 0 Å². The van der Waals surface area contributed by atoms with Crippen molar-refractivity contribution in [2.75, 3.05) is 0 Å². The van der Waals surface area contributed by atoms with Gasteiger partial charge in [0.15, 0.2) is 11.4 Å². The van der Waals surface area contributed by atoms with Gasteiger partial charge in [-0.1, -0.05) is 0 Å². The first-order chi connectivity index (χ1) is 9.45. The maximum absolute atomic E-state index is 11.2. The lowest BCUT2D eigenvalue weighted by molar-refractivity contribution is 0.0642. The van der Waals surface area contributed by atoms with Gasteiger partial charge in [-0.05, 0) is 12.1 Å². The molecule has 9 heteroatoms. The molecule has 9 nitrogen and oxygen atoms in total. The number of fused-ring (bicyclic) bond motifs is 2. The van der Waals surface area contributed by atoms with Crippen LogP contribution in [0, 0.1) is 0 Å². The Morgan fingerprint density at radius 3 is 1.65 bits per heavy atom. The molecule has 1 aromatic carbocycles. The first-order valence-corrected chi connectivity index (χ1v) is 5.36. The monoisotopic (exact) mass is 274 g/mol. The molecule has 0 unspecified atom stereocenters. The minimum atomic E-state index is -1.49. The summed E-state index contributed by atoms with van der Waals surface area (Å²) in [7, 11) is 0. The number of carboxylic acid groups (broad SMARTS) is 2. The van der Waals surface area contributed by atoms with Crippen LogP contribution in [0.4, 0.5) is 0 Å². The van der Waals surface area contributed by atoms with Gasteiger partial charge in [0.1, 0.15) is 0 Å². The second-order valence-electron chi connectivity index (χ2n) is 4.00. The maximum atomic E-state index is 11.2. The highest BCUT2D eigenvalue weighted by Gasteiger charge is 2.21. The van der Waals surface area contributed by atoms with Gasteiger partial charge >= 0.3 is 17.6 Å². The van der Waals surface area contributed by atoms with Crippen molar-refractivity contribution in [2.24, 2.45) is 0 Å². The molecule has 0 saturated heterocycles. The van der Waals surface area contributed by atoms with Crippen LogP contribution in [0.1, 0.15) is 21.0 Å². The van der Waals surface area contributed by atoms with Gasteiger partial charge in [-0.25, -0.2) is 24.4 Å². The number of aromatic carboxylic acids is 2. The topological polar surface area (TPSA) is 149 Å². The molecule has 0 aliphatic carbocycles. The second-order valence-corrected chi connectivity index (χ2v) is 4.00. The third kappa shape index (κ3) is 1.68. The van der Waals surface area contributed by atoms with E-state index in [-0.39, 0.29) is 11.0 Å². The lowest BCUT2D eigenvalue weighted by Gasteiger charge is -2.03. The fourth-order valence-electron chi connectivity index (χ4n) is 1.88. The van der Waals surface area contributed by atoms with Gasteiger partial charge in [0.2, 0.25) is 0 Å². The molecule has 0 aliphatic heterocycles. The molecular formula is C11H6N4O5. The molecule has 2 heterocycles. The Balaban J connectivity index is 2.43. The number of carbonyl (C=O) groups is 2. The predicted molar refractivity (Wildman–Crippen MR) is 65.9 cm³/mol. The van der Waals surface area contributed by atoms with Crippen LogP contribution in [0.5, 0.6) is 0 Å². The van der Waals surface area contributed by atoms with Gasteiger partial charge in [0, 0.05) is 0 Å². The van der Waals surface area contributed by atoms with Crippen molar-refractivity contribution in [3.8, 4) is 0 Å². The molecule has 2 aromatic heterocycles. The van der Waals surface area contributed by atoms with Gasteiger partial charge < -0.3 is 20.2 Å². The molecule has 0 aliphatic rings. The van der Waals surface area contributed by atoms with Gasteiger partial charge in [-0.3, -0.25) is 0 Å². The van der Waals surface area contributed by atoms with Crippen molar-refractivity contribution in [3.05, 3.63) is 34.0 Å². The Hall–Kier alpha value is -3.23. The molecule has 0 fully saturated rings. The Kier molecular flexibility index (Phi) is 2.30. The van der Waals surface area contributed by atoms with E-state index in [2.05, 4.69) is 19.9 Å². The molecule has 3 rings (SSSR count). The van der Waals surface area contributed by atoms with E-state index in [1.54, 1.807) is 0 Å². The van der Waals surface area contributed by atoms with Crippen molar-refractivity contribution >= 4 is 34.0 Å². The van der Waals surface area contributed by atoms with Crippen molar-refractivity contribution in [2.45, 2.75) is 0 Å². The number of nitrogens with zero attached hydrogens (tertiary/aromatic N) is 2. The summed E-state index contributed by atoms with van der Waals surface area (Å²) in [5, 5.41) is 17.9. The number of H-pyrrole nitrogens is 2. The number of hydrogen-bond acceptors (Lipinski definition) is 5. The predicted octanol–water partition coefficient (Wildman–Crippen LogP) is 0.196. The van der Waals surface area contributed by atoms with E-state index < -0.39 is 29.0 Å². The number of hydrogen-bond donors (Lipinski definition) is 4. The van der Waals surface area contributed by atoms with E-state index in [1.165, 1.54) is 12.1 Å². The number of aromatic nitrogens is 4. The Bertz CT molecular complexity index is 866. The fraction of sp³-hybridized carbons (Fsp3) is 0. The number of aromatic amines is 2. The summed E-state index contributed by atoms with van der Waals surface area (Å²) in [6, 6.07) is 2.85. The minimum Gasteiger partial charge on any atom is -0.476 e. The van der Waals surface area contributed by atoms with Crippen molar-refractivity contribution in [1.82, 2.24) is 19.9 Å². The summed E-state index contributed by atoms with van der Waals surface area (Å²) in [4.78, 5) is 45.7. The maximum Gasteiger partial charge on any atom is 0.357 e. The van der Waals surface area contributed by atoms with Crippen molar-refractivity contribution in [1.29, 1.82) is 0 Å². The van der Waals surface area contributed by atoms with E-state index in [4.69, 9.17) is 10.2 Å². The van der Waals surface area contributed by atoms with Crippen LogP contribution in [-0.2, 0) is 0 Å². The van der Waals surface area contributed by atoms with Crippen LogP contribution >= 0.6 is 0 Å². The number of carboxylic acids is 2. The van der Waals surface area contributed by atoms with Crippen LogP contribution in [-0.4, -0.2) is 42.1 Å². The molecule has 0 atom stereocenters. The molecular weight excluding hydrogens is 268 g/mol. The smallest absolute Gasteiger partial charge is 0.357 e. The number of imidazole rings is 1. The third-order valence-corrected chi connectivity index (χ3v) is 2.71. The van der Waals surface area contributed by atoms with E-state index in [9.17, 15) is 14.4 Å². The molecule has 3 aromatic rings. The normalized spacial score (nSPS) is 11.0. The average Bonchev–Trinajstić information content (AvgIpc) is 2.72. The van der Waals surface area contributed by atoms with Crippen LogP contribution in [0.15, 0.2) is 16.9 Å². The van der Waals surface area contributed by atoms with Crippen LogP contribution < -0.4 is 5.69 Å². The highest BCUT2D eigenvalue weighted by molar-refractivity contribution is 6.02. The summed E-state index contributed by atoms with van der Waals surface area (Å²) < 4.78 is 0. The van der Waals surface area contributed by atoms with E-state index in [0.29, 0.717) is 11.0 Å². The summed E-state index contributed by atoms with van der Waals surface area (Å²) >= 11 is 0. The molecule has 0 bridgehead atoms. The Labute approximate surface area is 108 Å². The summed E-state index contributed by atoms with van der Waals surface area (Å²) in [6.45, 7) is 0. The molecule has 0 spiro atoms. The van der Waals surface area contributed by atoms with Gasteiger partial charge in [0.25, 0.3) is 0 Å². The zero-order valence-electron chi connectivity index (χ0n) is 9.67. The van der Waals surface area contributed by atoms with Crippen LogP contribution in [0.3, 0.4) is 0 Å². The van der Waals surface area contributed by atoms with Crippen LogP contribution in [0.25, 0.3) is 22.1 Å². The standard InChI is InChI=1S/C11H6N4O5/c16-9(17)7-8(10(18)19)13-4-2-6-5(1-3(4)12-7)14-11(20)15-6/h1-2H,(H,16,17)(H,18,19)(H2,14,15,20). The Morgan fingerprint density at radius 1 is 0.900 bits per heavy atom. The third-order valence-electron chi connectivity index (χ3n) is 2.71. The molecule has 0 amide bonds. The largest absolute Gasteiger partial charge is 0.476 e. The average molecular weight is 274 g/mol. The molecule has 0 radical (unpaired) electrons. The summed E-state index contributed by atoms with van der Waals surface area (Å²) in [5.41, 5.74) is -0.533. The molecule has 20 heavy (non-hydrogen) atoms. The van der Waals surface area contributed by atoms with Gasteiger partial charge in [0.05, 0.1) is 22.1 Å². The summed E-state index contributed by atoms with van der Waals surface area (Å²) in [5.74, 6) is -2.97. The first-order valence-electron chi connectivity index (χ1n) is 5.36. The lowest BCUT2D eigenvalue weighted by Crippen LogP contribution is -2.13. The zero-order valence-corrected chi connectivity index (χ0v) is 9.67. The summed E-state index contributed by atoms with van der Waals surface area (Å²) in [6.07, 6.45) is 0. The first kappa shape index (κ1) is 11.8. The SMILES string of the molecule is O=C(O)c1nc2cc3[nH]c(=O)[nH]c3cc2nc1C(=O)O. The highest BCUT2D eigenvalue weighted by atomic mass is 16.4. The number of benzene rings is 1. The minimum absolute atomic E-state index is 0.176. The van der Waals surface area contributed by atoms with Crippen LogP contribution in [0.2, 0.25) is 0 Å². The van der Waals surface area contributed by atoms with E-state index in [1.807, 2.05) is 0 Å². The lowest BCUT2D eigenvalue weighted by atomic mass is 10.2. The number of nitrogens with one attached hydrogen (secondary N) is 2. The second kappa shape index (κ2) is 3.88. The molecule has 0 saturated carbocycles. The highest BCUT2D eigenvalue weighted by Crippen LogP contribution is 2.18. The van der Waals surface area contributed by atoms with Gasteiger partial charge in [-0.2, -0.15) is 0 Å².